The zero-order valence-electron chi connectivity index (χ0n) is 13.2. The van der Waals surface area contributed by atoms with Gasteiger partial charge in [-0.15, -0.1) is 0 Å². The van der Waals surface area contributed by atoms with Crippen LogP contribution in [0.15, 0.2) is 18.2 Å². The van der Waals surface area contributed by atoms with Crippen molar-refractivity contribution < 1.29 is 8.78 Å². The Bertz CT molecular complexity index is 464. The molecular weight excluding hydrogens is 270 g/mol. The minimum absolute atomic E-state index is 0.143. The normalized spacial score (nSPS) is 25.0. The summed E-state index contributed by atoms with van der Waals surface area (Å²) in [5.41, 5.74) is 0.427. The third-order valence-corrected chi connectivity index (χ3v) is 4.86. The van der Waals surface area contributed by atoms with Crippen LogP contribution in [0.5, 0.6) is 0 Å². The molecule has 3 unspecified atom stereocenters. The lowest BCUT2D eigenvalue weighted by molar-refractivity contribution is 0.133. The van der Waals surface area contributed by atoms with Gasteiger partial charge in [-0.25, -0.2) is 8.78 Å². The first-order valence-electron chi connectivity index (χ1n) is 7.86. The maximum Gasteiger partial charge on any atom is 0.163 e. The molecule has 0 radical (unpaired) electrons. The van der Waals surface area contributed by atoms with Crippen molar-refractivity contribution in [1.82, 2.24) is 10.2 Å². The smallest absolute Gasteiger partial charge is 0.163 e. The molecule has 1 N–H and O–H groups in total. The standard InChI is InChI=1S/C17H26F2N2/c1-12-7-9-21(11-13(12)2)10-8-16(20-3)14-5-4-6-15(18)17(14)19/h4-6,12-13,16,20H,7-11H2,1-3H3. The molecule has 0 spiro atoms. The molecular formula is C17H26F2N2. The van der Waals surface area contributed by atoms with E-state index in [4.69, 9.17) is 0 Å². The van der Waals surface area contributed by atoms with Gasteiger partial charge in [-0.1, -0.05) is 26.0 Å². The van der Waals surface area contributed by atoms with E-state index in [1.165, 1.54) is 12.5 Å². The molecule has 1 aliphatic heterocycles. The summed E-state index contributed by atoms with van der Waals surface area (Å²) in [6.45, 7) is 7.72. The van der Waals surface area contributed by atoms with Crippen LogP contribution in [0.25, 0.3) is 0 Å². The minimum atomic E-state index is -0.770. The monoisotopic (exact) mass is 296 g/mol. The van der Waals surface area contributed by atoms with Crippen LogP contribution in [-0.4, -0.2) is 31.6 Å². The lowest BCUT2D eigenvalue weighted by atomic mass is 9.88. The van der Waals surface area contributed by atoms with Crippen molar-refractivity contribution in [2.75, 3.05) is 26.7 Å². The number of likely N-dealkylation sites (tertiary alicyclic amines) is 1. The summed E-state index contributed by atoms with van der Waals surface area (Å²) in [6, 6.07) is 4.26. The van der Waals surface area contributed by atoms with Gasteiger partial charge in [0.05, 0.1) is 0 Å². The molecule has 1 heterocycles. The van der Waals surface area contributed by atoms with Gasteiger partial charge in [0.15, 0.2) is 11.6 Å². The van der Waals surface area contributed by atoms with Crippen molar-refractivity contribution in [2.45, 2.75) is 32.7 Å². The maximum absolute atomic E-state index is 13.9. The molecule has 1 aromatic rings. The molecule has 1 fully saturated rings. The van der Waals surface area contributed by atoms with Gasteiger partial charge in [0.1, 0.15) is 0 Å². The third-order valence-electron chi connectivity index (χ3n) is 4.86. The summed E-state index contributed by atoms with van der Waals surface area (Å²) in [4.78, 5) is 2.44. The number of halogens is 2. The number of nitrogens with one attached hydrogen (secondary N) is 1. The van der Waals surface area contributed by atoms with Gasteiger partial charge >= 0.3 is 0 Å². The Hall–Kier alpha value is -1.00. The highest BCUT2D eigenvalue weighted by atomic mass is 19.2. The molecule has 4 heteroatoms. The second kappa shape index (κ2) is 7.32. The first kappa shape index (κ1) is 16.4. The predicted molar refractivity (Wildman–Crippen MR) is 82.2 cm³/mol. The number of rotatable bonds is 5. The van der Waals surface area contributed by atoms with Crippen LogP contribution in [0.3, 0.4) is 0 Å². The second-order valence-corrected chi connectivity index (χ2v) is 6.32. The Balaban J connectivity index is 1.95. The van der Waals surface area contributed by atoms with E-state index in [0.29, 0.717) is 11.5 Å². The summed E-state index contributed by atoms with van der Waals surface area (Å²) in [6.07, 6.45) is 2.01. The lowest BCUT2D eigenvalue weighted by Gasteiger charge is -2.36. The molecule has 0 aliphatic carbocycles. The van der Waals surface area contributed by atoms with Crippen LogP contribution in [0, 0.1) is 23.5 Å². The molecule has 3 atom stereocenters. The van der Waals surface area contributed by atoms with Crippen LogP contribution < -0.4 is 5.32 Å². The highest BCUT2D eigenvalue weighted by Gasteiger charge is 2.24. The lowest BCUT2D eigenvalue weighted by Crippen LogP contribution is -2.39. The summed E-state index contributed by atoms with van der Waals surface area (Å²) < 4.78 is 27.2. The van der Waals surface area contributed by atoms with Crippen LogP contribution in [0.4, 0.5) is 8.78 Å². The maximum atomic E-state index is 13.9. The molecule has 1 saturated heterocycles. The van der Waals surface area contributed by atoms with Crippen molar-refractivity contribution in [1.29, 1.82) is 0 Å². The number of piperidine rings is 1. The number of hydrogen-bond acceptors (Lipinski definition) is 2. The van der Waals surface area contributed by atoms with Crippen LogP contribution >= 0.6 is 0 Å². The fourth-order valence-corrected chi connectivity index (χ4v) is 3.11. The van der Waals surface area contributed by atoms with Crippen molar-refractivity contribution >= 4 is 0 Å². The zero-order valence-corrected chi connectivity index (χ0v) is 13.2. The number of hydrogen-bond donors (Lipinski definition) is 1. The minimum Gasteiger partial charge on any atom is -0.313 e. The average Bonchev–Trinajstić information content (AvgIpc) is 2.47. The van der Waals surface area contributed by atoms with E-state index >= 15 is 0 Å². The van der Waals surface area contributed by atoms with Crippen molar-refractivity contribution in [2.24, 2.45) is 11.8 Å². The van der Waals surface area contributed by atoms with Gasteiger partial charge in [-0.2, -0.15) is 0 Å². The van der Waals surface area contributed by atoms with E-state index in [1.807, 2.05) is 0 Å². The molecule has 1 aromatic carbocycles. The molecule has 2 nitrogen and oxygen atoms in total. The fourth-order valence-electron chi connectivity index (χ4n) is 3.11. The SMILES string of the molecule is CNC(CCN1CCC(C)C(C)C1)c1cccc(F)c1F. The number of benzene rings is 1. The first-order valence-corrected chi connectivity index (χ1v) is 7.86. The summed E-state index contributed by atoms with van der Waals surface area (Å²) >= 11 is 0. The van der Waals surface area contributed by atoms with E-state index in [0.717, 1.165) is 32.0 Å². The highest BCUT2D eigenvalue weighted by molar-refractivity contribution is 5.22. The molecule has 1 aliphatic rings. The van der Waals surface area contributed by atoms with Gasteiger partial charge in [-0.3, -0.25) is 0 Å². The molecule has 21 heavy (non-hydrogen) atoms. The average molecular weight is 296 g/mol. The largest absolute Gasteiger partial charge is 0.313 e. The van der Waals surface area contributed by atoms with Crippen molar-refractivity contribution in [3.05, 3.63) is 35.4 Å². The molecule has 0 aromatic heterocycles. The van der Waals surface area contributed by atoms with Crippen LogP contribution in [0.2, 0.25) is 0 Å². The summed E-state index contributed by atoms with van der Waals surface area (Å²) in [7, 11) is 1.80. The Morgan fingerprint density at radius 3 is 2.71 bits per heavy atom. The van der Waals surface area contributed by atoms with Gasteiger partial charge in [0.25, 0.3) is 0 Å². The molecule has 118 valence electrons. The van der Waals surface area contributed by atoms with Crippen molar-refractivity contribution in [3.8, 4) is 0 Å². The van der Waals surface area contributed by atoms with E-state index in [2.05, 4.69) is 24.1 Å². The fraction of sp³-hybridized carbons (Fsp3) is 0.647. The Morgan fingerprint density at radius 2 is 2.05 bits per heavy atom. The van der Waals surface area contributed by atoms with E-state index < -0.39 is 11.6 Å². The Morgan fingerprint density at radius 1 is 1.29 bits per heavy atom. The third kappa shape index (κ3) is 4.01. The molecule has 0 saturated carbocycles. The molecule has 0 amide bonds. The van der Waals surface area contributed by atoms with Crippen LogP contribution in [0.1, 0.15) is 38.3 Å². The first-order chi connectivity index (χ1) is 10.0. The van der Waals surface area contributed by atoms with Gasteiger partial charge < -0.3 is 10.2 Å². The summed E-state index contributed by atoms with van der Waals surface area (Å²) in [5, 5.41) is 3.11. The second-order valence-electron chi connectivity index (χ2n) is 6.32. The predicted octanol–water partition coefficient (Wildman–Crippen LogP) is 3.59. The highest BCUT2D eigenvalue weighted by Crippen LogP contribution is 2.25. The molecule has 2 rings (SSSR count). The van der Waals surface area contributed by atoms with Gasteiger partial charge in [0, 0.05) is 18.2 Å². The van der Waals surface area contributed by atoms with Gasteiger partial charge in [0.2, 0.25) is 0 Å². The topological polar surface area (TPSA) is 15.3 Å². The van der Waals surface area contributed by atoms with Crippen LogP contribution in [-0.2, 0) is 0 Å². The Labute approximate surface area is 126 Å². The van der Waals surface area contributed by atoms with E-state index in [-0.39, 0.29) is 6.04 Å². The van der Waals surface area contributed by atoms with Gasteiger partial charge in [-0.05, 0) is 50.9 Å². The Kier molecular flexibility index (Phi) is 5.71. The van der Waals surface area contributed by atoms with E-state index in [1.54, 1.807) is 19.2 Å². The quantitative estimate of drug-likeness (QED) is 0.893. The summed E-state index contributed by atoms with van der Waals surface area (Å²) in [5.74, 6) is -0.00893. The van der Waals surface area contributed by atoms with Crippen molar-refractivity contribution in [3.63, 3.8) is 0 Å². The van der Waals surface area contributed by atoms with E-state index in [9.17, 15) is 8.78 Å². The zero-order chi connectivity index (χ0) is 15.4. The molecule has 0 bridgehead atoms. The number of nitrogens with zero attached hydrogens (tertiary/aromatic N) is 1.